The molecule has 0 aromatic heterocycles. The molecule has 1 N–H and O–H groups in total. The Kier molecular flexibility index (Phi) is 6.34. The molecule has 1 atom stereocenters. The Hall–Kier alpha value is -0.950. The summed E-state index contributed by atoms with van der Waals surface area (Å²) in [6.45, 7) is 2.66. The molecule has 0 saturated heterocycles. The monoisotopic (exact) mass is 343 g/mol. The molecule has 0 amide bonds. The summed E-state index contributed by atoms with van der Waals surface area (Å²) in [4.78, 5) is -0.756. The Bertz CT molecular complexity index is 544. The SMILES string of the molecule is CCC(CCCl)CNc1ccc(S(=O)(=O)C(F)(F)F)cc1. The number of benzene rings is 1. The zero-order chi connectivity index (χ0) is 16.1. The zero-order valence-corrected chi connectivity index (χ0v) is 13.0. The van der Waals surface area contributed by atoms with E-state index in [9.17, 15) is 21.6 Å². The van der Waals surface area contributed by atoms with Gasteiger partial charge in [-0.15, -0.1) is 11.6 Å². The lowest BCUT2D eigenvalue weighted by Crippen LogP contribution is -2.23. The van der Waals surface area contributed by atoms with Gasteiger partial charge in [0.1, 0.15) is 0 Å². The van der Waals surface area contributed by atoms with Gasteiger partial charge < -0.3 is 5.32 Å². The molecule has 8 heteroatoms. The largest absolute Gasteiger partial charge is 0.501 e. The number of hydrogen-bond acceptors (Lipinski definition) is 3. The molecule has 1 aromatic carbocycles. The van der Waals surface area contributed by atoms with Crippen molar-refractivity contribution in [2.75, 3.05) is 17.7 Å². The van der Waals surface area contributed by atoms with Crippen LogP contribution in [0.15, 0.2) is 29.2 Å². The number of alkyl halides is 4. The second-order valence-corrected chi connectivity index (χ2v) is 6.93. The minimum absolute atomic E-state index is 0.362. The van der Waals surface area contributed by atoms with Crippen LogP contribution in [-0.4, -0.2) is 26.4 Å². The Morgan fingerprint density at radius 1 is 1.24 bits per heavy atom. The number of nitrogens with one attached hydrogen (secondary N) is 1. The van der Waals surface area contributed by atoms with Crippen molar-refractivity contribution in [1.29, 1.82) is 0 Å². The average molecular weight is 344 g/mol. The van der Waals surface area contributed by atoms with Gasteiger partial charge in [-0.05, 0) is 36.6 Å². The fourth-order valence-corrected chi connectivity index (χ4v) is 2.82. The van der Waals surface area contributed by atoms with Crippen LogP contribution in [0.4, 0.5) is 18.9 Å². The molecule has 0 radical (unpaired) electrons. The molecule has 1 unspecified atom stereocenters. The first-order valence-electron chi connectivity index (χ1n) is 6.43. The van der Waals surface area contributed by atoms with E-state index in [-0.39, 0.29) is 0 Å². The van der Waals surface area contributed by atoms with Gasteiger partial charge in [0.2, 0.25) is 0 Å². The maximum Gasteiger partial charge on any atom is 0.501 e. The third-order valence-corrected chi connectivity index (χ3v) is 4.88. The van der Waals surface area contributed by atoms with Gasteiger partial charge in [-0.25, -0.2) is 8.42 Å². The first-order valence-corrected chi connectivity index (χ1v) is 8.45. The molecular weight excluding hydrogens is 327 g/mol. The molecule has 0 aliphatic rings. The molecule has 120 valence electrons. The summed E-state index contributed by atoms with van der Waals surface area (Å²) in [5, 5.41) is 3.06. The van der Waals surface area contributed by atoms with Crippen LogP contribution < -0.4 is 5.32 Å². The summed E-state index contributed by atoms with van der Waals surface area (Å²) in [7, 11) is -5.28. The lowest BCUT2D eigenvalue weighted by molar-refractivity contribution is -0.0436. The van der Waals surface area contributed by atoms with E-state index in [2.05, 4.69) is 5.32 Å². The Labute approximate surface area is 127 Å². The highest BCUT2D eigenvalue weighted by Crippen LogP contribution is 2.30. The summed E-state index contributed by atoms with van der Waals surface area (Å²) >= 11 is 5.67. The van der Waals surface area contributed by atoms with Crippen molar-refractivity contribution in [3.05, 3.63) is 24.3 Å². The van der Waals surface area contributed by atoms with Crippen molar-refractivity contribution < 1.29 is 21.6 Å². The molecule has 1 aromatic rings. The molecule has 0 heterocycles. The Balaban J connectivity index is 2.75. The maximum atomic E-state index is 12.4. The molecule has 0 saturated carbocycles. The minimum Gasteiger partial charge on any atom is -0.385 e. The van der Waals surface area contributed by atoms with E-state index < -0.39 is 20.2 Å². The predicted octanol–water partition coefficient (Wildman–Crippen LogP) is 4.05. The van der Waals surface area contributed by atoms with Gasteiger partial charge in [-0.1, -0.05) is 13.3 Å². The molecule has 0 bridgehead atoms. The topological polar surface area (TPSA) is 46.2 Å². The Morgan fingerprint density at radius 2 is 1.81 bits per heavy atom. The average Bonchev–Trinajstić information content (AvgIpc) is 2.42. The normalized spacial score (nSPS) is 14.0. The highest BCUT2D eigenvalue weighted by atomic mass is 35.5. The molecule has 21 heavy (non-hydrogen) atoms. The first kappa shape index (κ1) is 18.1. The molecular formula is C13H17ClF3NO2S. The van der Waals surface area contributed by atoms with Crippen LogP contribution in [0, 0.1) is 5.92 Å². The van der Waals surface area contributed by atoms with Crippen molar-refractivity contribution in [3.8, 4) is 0 Å². The maximum absolute atomic E-state index is 12.4. The smallest absolute Gasteiger partial charge is 0.385 e. The van der Waals surface area contributed by atoms with Crippen molar-refractivity contribution in [3.63, 3.8) is 0 Å². The minimum atomic E-state index is -5.28. The van der Waals surface area contributed by atoms with E-state index in [0.29, 0.717) is 24.0 Å². The number of rotatable bonds is 7. The number of halogens is 4. The number of sulfone groups is 1. The third-order valence-electron chi connectivity index (χ3n) is 3.16. The standard InChI is InChI=1S/C13H17ClF3NO2S/c1-2-10(7-8-14)9-18-11-3-5-12(6-4-11)21(19,20)13(15,16)17/h3-6,10,18H,2,7-9H2,1H3. The Morgan fingerprint density at radius 3 is 2.24 bits per heavy atom. The zero-order valence-electron chi connectivity index (χ0n) is 11.5. The van der Waals surface area contributed by atoms with E-state index >= 15 is 0 Å². The van der Waals surface area contributed by atoms with Gasteiger partial charge in [0.05, 0.1) is 4.90 Å². The molecule has 0 aliphatic carbocycles. The van der Waals surface area contributed by atoms with Gasteiger partial charge in [-0.3, -0.25) is 0 Å². The summed E-state index contributed by atoms with van der Waals surface area (Å²) in [6.07, 6.45) is 1.77. The van der Waals surface area contributed by atoms with Gasteiger partial charge >= 0.3 is 5.51 Å². The summed E-state index contributed by atoms with van der Waals surface area (Å²) < 4.78 is 59.6. The third kappa shape index (κ3) is 4.78. The van der Waals surface area contributed by atoms with Gasteiger partial charge in [0.25, 0.3) is 9.84 Å². The second-order valence-electron chi connectivity index (χ2n) is 4.61. The molecule has 1 rings (SSSR count). The molecule has 0 fully saturated rings. The fraction of sp³-hybridized carbons (Fsp3) is 0.538. The van der Waals surface area contributed by atoms with Gasteiger partial charge in [0, 0.05) is 18.1 Å². The van der Waals surface area contributed by atoms with Crippen molar-refractivity contribution in [1.82, 2.24) is 0 Å². The predicted molar refractivity (Wildman–Crippen MR) is 77.3 cm³/mol. The molecule has 3 nitrogen and oxygen atoms in total. The van der Waals surface area contributed by atoms with Crippen LogP contribution in [0.5, 0.6) is 0 Å². The van der Waals surface area contributed by atoms with Crippen LogP contribution >= 0.6 is 11.6 Å². The molecule has 0 spiro atoms. The van der Waals surface area contributed by atoms with Crippen LogP contribution in [0.1, 0.15) is 19.8 Å². The fourth-order valence-electron chi connectivity index (χ4n) is 1.75. The van der Waals surface area contributed by atoms with E-state index in [0.717, 1.165) is 25.0 Å². The van der Waals surface area contributed by atoms with Crippen molar-refractivity contribution in [2.45, 2.75) is 30.2 Å². The van der Waals surface area contributed by atoms with Crippen LogP contribution in [0.3, 0.4) is 0 Å². The van der Waals surface area contributed by atoms with Crippen LogP contribution in [0.25, 0.3) is 0 Å². The highest BCUT2D eigenvalue weighted by Gasteiger charge is 2.46. The van der Waals surface area contributed by atoms with E-state index in [1.807, 2.05) is 6.92 Å². The van der Waals surface area contributed by atoms with Crippen LogP contribution in [0.2, 0.25) is 0 Å². The first-order chi connectivity index (χ1) is 9.72. The highest BCUT2D eigenvalue weighted by molar-refractivity contribution is 7.92. The van der Waals surface area contributed by atoms with Gasteiger partial charge in [-0.2, -0.15) is 13.2 Å². The summed E-state index contributed by atoms with van der Waals surface area (Å²) in [5.41, 5.74) is -4.71. The quantitative estimate of drug-likeness (QED) is 0.760. The van der Waals surface area contributed by atoms with E-state index in [4.69, 9.17) is 11.6 Å². The van der Waals surface area contributed by atoms with E-state index in [1.165, 1.54) is 12.1 Å². The molecule has 0 aliphatic heterocycles. The summed E-state index contributed by atoms with van der Waals surface area (Å²) in [6, 6.07) is 4.55. The van der Waals surface area contributed by atoms with E-state index in [1.54, 1.807) is 0 Å². The number of hydrogen-bond donors (Lipinski definition) is 1. The van der Waals surface area contributed by atoms with Crippen molar-refractivity contribution >= 4 is 27.1 Å². The lowest BCUT2D eigenvalue weighted by atomic mass is 10.0. The lowest BCUT2D eigenvalue weighted by Gasteiger charge is -2.15. The number of anilines is 1. The van der Waals surface area contributed by atoms with Gasteiger partial charge in [0.15, 0.2) is 0 Å². The van der Waals surface area contributed by atoms with Crippen molar-refractivity contribution in [2.24, 2.45) is 5.92 Å². The van der Waals surface area contributed by atoms with Crippen LogP contribution in [-0.2, 0) is 9.84 Å². The second kappa shape index (κ2) is 7.35. The summed E-state index contributed by atoms with van der Waals surface area (Å²) in [5.74, 6) is 0.907.